The zero-order valence-electron chi connectivity index (χ0n) is 11.5. The van der Waals surface area contributed by atoms with Crippen LogP contribution in [0.1, 0.15) is 0 Å². The van der Waals surface area contributed by atoms with Crippen molar-refractivity contribution in [2.45, 2.75) is 4.90 Å². The third kappa shape index (κ3) is 3.85. The van der Waals surface area contributed by atoms with Crippen molar-refractivity contribution in [1.82, 2.24) is 0 Å². The maximum absolute atomic E-state index is 14.0. The Hall–Kier alpha value is -2.00. The Balaban J connectivity index is 2.57. The quantitative estimate of drug-likeness (QED) is 0.830. The average molecular weight is 405 g/mol. The molecule has 1 amide bonds. The molecule has 0 aromatic heterocycles. The number of amides is 1. The Morgan fingerprint density at radius 2 is 1.74 bits per heavy atom. The van der Waals surface area contributed by atoms with E-state index >= 15 is 0 Å². The van der Waals surface area contributed by atoms with Crippen LogP contribution in [0.4, 0.5) is 14.5 Å². The number of halogens is 3. The van der Waals surface area contributed by atoms with E-state index in [1.165, 1.54) is 24.3 Å². The first kappa shape index (κ1) is 17.4. The number of carbonyl (C=O) groups excluding carboxylic acids is 1. The second-order valence-corrected chi connectivity index (χ2v) is 7.31. The summed E-state index contributed by atoms with van der Waals surface area (Å²) in [7, 11) is -4.25. The van der Waals surface area contributed by atoms with Crippen LogP contribution in [0.25, 0.3) is 0 Å². The molecule has 0 aliphatic heterocycles. The SMILES string of the molecule is NC(=O)CN(c1ccc(F)cc1F)S(=O)(=O)c1ccc(Br)cc1. The van der Waals surface area contributed by atoms with Gasteiger partial charge >= 0.3 is 0 Å². The number of sulfonamides is 1. The number of anilines is 1. The highest BCUT2D eigenvalue weighted by atomic mass is 79.9. The van der Waals surface area contributed by atoms with E-state index in [9.17, 15) is 22.0 Å². The number of nitrogens with zero attached hydrogens (tertiary/aromatic N) is 1. The standard InChI is InChI=1S/C14H11BrF2N2O3S/c15-9-1-4-11(5-2-9)23(21,22)19(8-14(18)20)13-6-3-10(16)7-12(13)17/h1-7H,8H2,(H2,18,20). The third-order valence-corrected chi connectivity index (χ3v) is 5.18. The fourth-order valence-electron chi connectivity index (χ4n) is 1.86. The van der Waals surface area contributed by atoms with Crippen LogP contribution in [0.2, 0.25) is 0 Å². The van der Waals surface area contributed by atoms with Crippen LogP contribution in [0.3, 0.4) is 0 Å². The zero-order valence-corrected chi connectivity index (χ0v) is 13.9. The molecular weight excluding hydrogens is 394 g/mol. The Morgan fingerprint density at radius 3 is 2.26 bits per heavy atom. The molecule has 23 heavy (non-hydrogen) atoms. The van der Waals surface area contributed by atoms with Gasteiger partial charge < -0.3 is 5.73 Å². The van der Waals surface area contributed by atoms with Gasteiger partial charge in [-0.15, -0.1) is 0 Å². The molecule has 0 fully saturated rings. The molecular formula is C14H11BrF2N2O3S. The van der Waals surface area contributed by atoms with Crippen LogP contribution in [-0.2, 0) is 14.8 Å². The van der Waals surface area contributed by atoms with Gasteiger partial charge in [-0.3, -0.25) is 9.10 Å². The number of primary amides is 1. The fraction of sp³-hybridized carbons (Fsp3) is 0.0714. The van der Waals surface area contributed by atoms with Crippen molar-refractivity contribution in [3.8, 4) is 0 Å². The highest BCUT2D eigenvalue weighted by Crippen LogP contribution is 2.27. The molecule has 0 spiro atoms. The molecule has 0 aliphatic carbocycles. The lowest BCUT2D eigenvalue weighted by molar-refractivity contribution is -0.116. The summed E-state index contributed by atoms with van der Waals surface area (Å²) in [5, 5.41) is 0. The maximum Gasteiger partial charge on any atom is 0.264 e. The Bertz CT molecular complexity index is 842. The monoisotopic (exact) mass is 404 g/mol. The molecule has 0 atom stereocenters. The van der Waals surface area contributed by atoms with Crippen LogP contribution in [0, 0.1) is 11.6 Å². The van der Waals surface area contributed by atoms with Crippen molar-refractivity contribution >= 4 is 37.5 Å². The summed E-state index contributed by atoms with van der Waals surface area (Å²) < 4.78 is 53.5. The molecule has 0 saturated carbocycles. The van der Waals surface area contributed by atoms with E-state index in [1.807, 2.05) is 0 Å². The van der Waals surface area contributed by atoms with E-state index in [2.05, 4.69) is 15.9 Å². The van der Waals surface area contributed by atoms with Crippen LogP contribution >= 0.6 is 15.9 Å². The average Bonchev–Trinajstić information content (AvgIpc) is 2.45. The van der Waals surface area contributed by atoms with E-state index < -0.39 is 39.8 Å². The summed E-state index contributed by atoms with van der Waals surface area (Å²) in [4.78, 5) is 11.0. The minimum atomic E-state index is -4.25. The Kier molecular flexibility index (Phi) is 5.00. The first-order valence-corrected chi connectivity index (χ1v) is 8.47. The van der Waals surface area contributed by atoms with Crippen molar-refractivity contribution in [1.29, 1.82) is 0 Å². The lowest BCUT2D eigenvalue weighted by Gasteiger charge is -2.23. The van der Waals surface area contributed by atoms with E-state index in [1.54, 1.807) is 0 Å². The van der Waals surface area contributed by atoms with Gasteiger partial charge in [-0.25, -0.2) is 17.2 Å². The summed E-state index contributed by atoms with van der Waals surface area (Å²) in [6.07, 6.45) is 0. The molecule has 9 heteroatoms. The highest BCUT2D eigenvalue weighted by Gasteiger charge is 2.28. The van der Waals surface area contributed by atoms with Gasteiger partial charge in [0.2, 0.25) is 5.91 Å². The number of hydrogen-bond acceptors (Lipinski definition) is 3. The van der Waals surface area contributed by atoms with Crippen LogP contribution in [0.5, 0.6) is 0 Å². The largest absolute Gasteiger partial charge is 0.368 e. The summed E-state index contributed by atoms with van der Waals surface area (Å²) >= 11 is 3.17. The third-order valence-electron chi connectivity index (χ3n) is 2.88. The van der Waals surface area contributed by atoms with Gasteiger partial charge in [-0.05, 0) is 36.4 Å². The molecule has 2 aromatic carbocycles. The molecule has 0 unspecified atom stereocenters. The molecule has 0 heterocycles. The normalized spacial score (nSPS) is 11.3. The minimum absolute atomic E-state index is 0.161. The van der Waals surface area contributed by atoms with Gasteiger partial charge in [0.05, 0.1) is 10.6 Å². The number of benzene rings is 2. The predicted molar refractivity (Wildman–Crippen MR) is 84.2 cm³/mol. The summed E-state index contributed by atoms with van der Waals surface area (Å²) in [6.45, 7) is -0.777. The smallest absolute Gasteiger partial charge is 0.264 e. The van der Waals surface area contributed by atoms with Gasteiger partial charge in [0.1, 0.15) is 18.2 Å². The van der Waals surface area contributed by atoms with E-state index in [0.29, 0.717) is 14.8 Å². The van der Waals surface area contributed by atoms with Crippen molar-refractivity contribution in [3.63, 3.8) is 0 Å². The summed E-state index contributed by atoms with van der Waals surface area (Å²) in [5.74, 6) is -2.97. The fourth-order valence-corrected chi connectivity index (χ4v) is 3.56. The van der Waals surface area contributed by atoms with Crippen LogP contribution < -0.4 is 10.0 Å². The molecule has 122 valence electrons. The molecule has 2 rings (SSSR count). The number of hydrogen-bond donors (Lipinski definition) is 1. The Morgan fingerprint density at radius 1 is 1.13 bits per heavy atom. The molecule has 5 nitrogen and oxygen atoms in total. The lowest BCUT2D eigenvalue weighted by atomic mass is 10.3. The molecule has 0 aliphatic rings. The van der Waals surface area contributed by atoms with E-state index in [4.69, 9.17) is 5.73 Å². The Labute approximate surface area is 139 Å². The van der Waals surface area contributed by atoms with Gasteiger partial charge in [0, 0.05) is 10.5 Å². The summed E-state index contributed by atoms with van der Waals surface area (Å²) in [5.41, 5.74) is 4.60. The minimum Gasteiger partial charge on any atom is -0.368 e. The van der Waals surface area contributed by atoms with E-state index in [-0.39, 0.29) is 4.90 Å². The van der Waals surface area contributed by atoms with Crippen LogP contribution in [0.15, 0.2) is 51.8 Å². The second-order valence-electron chi connectivity index (χ2n) is 4.53. The topological polar surface area (TPSA) is 80.5 Å². The number of rotatable bonds is 5. The van der Waals surface area contributed by atoms with Crippen LogP contribution in [-0.4, -0.2) is 20.9 Å². The lowest BCUT2D eigenvalue weighted by Crippen LogP contribution is -2.39. The first-order chi connectivity index (χ1) is 10.7. The first-order valence-electron chi connectivity index (χ1n) is 6.23. The molecule has 2 aromatic rings. The number of carbonyl (C=O) groups is 1. The second kappa shape index (κ2) is 6.63. The van der Waals surface area contributed by atoms with Crippen molar-refractivity contribution < 1.29 is 22.0 Å². The van der Waals surface area contributed by atoms with Gasteiger partial charge in [-0.2, -0.15) is 0 Å². The molecule has 2 N–H and O–H groups in total. The maximum atomic E-state index is 14.0. The van der Waals surface area contributed by atoms with Crippen molar-refractivity contribution in [2.24, 2.45) is 5.73 Å². The highest BCUT2D eigenvalue weighted by molar-refractivity contribution is 9.10. The van der Waals surface area contributed by atoms with Gasteiger partial charge in [0.15, 0.2) is 0 Å². The summed E-state index contributed by atoms with van der Waals surface area (Å²) in [6, 6.07) is 7.89. The molecule has 0 saturated heterocycles. The predicted octanol–water partition coefficient (Wildman–Crippen LogP) is 2.41. The molecule has 0 radical (unpaired) electrons. The van der Waals surface area contributed by atoms with Crippen molar-refractivity contribution in [2.75, 3.05) is 10.8 Å². The van der Waals surface area contributed by atoms with Gasteiger partial charge in [-0.1, -0.05) is 15.9 Å². The van der Waals surface area contributed by atoms with E-state index in [0.717, 1.165) is 12.1 Å². The molecule has 0 bridgehead atoms. The zero-order chi connectivity index (χ0) is 17.2. The van der Waals surface area contributed by atoms with Crippen molar-refractivity contribution in [3.05, 3.63) is 58.6 Å². The number of nitrogens with two attached hydrogens (primary N) is 1. The van der Waals surface area contributed by atoms with Gasteiger partial charge in [0.25, 0.3) is 10.0 Å².